The number of rotatable bonds is 7. The van der Waals surface area contributed by atoms with E-state index in [9.17, 15) is 0 Å². The SMILES string of the molecule is CCNC(CSC)Cc1c(Br)c(CC)nn1C. The van der Waals surface area contributed by atoms with Crippen LogP contribution in [0.5, 0.6) is 0 Å². The fourth-order valence-corrected chi connectivity index (χ4v) is 3.37. The molecule has 1 heterocycles. The largest absolute Gasteiger partial charge is 0.313 e. The predicted octanol–water partition coefficient (Wildman–Crippen LogP) is 2.63. The molecule has 1 atom stereocenters. The van der Waals surface area contributed by atoms with Crippen molar-refractivity contribution in [3.05, 3.63) is 15.9 Å². The minimum absolute atomic E-state index is 0.520. The van der Waals surface area contributed by atoms with Gasteiger partial charge < -0.3 is 5.32 Å². The number of nitrogens with zero attached hydrogens (tertiary/aromatic N) is 2. The van der Waals surface area contributed by atoms with Crippen LogP contribution in [0.3, 0.4) is 0 Å². The van der Waals surface area contributed by atoms with Gasteiger partial charge in [-0.1, -0.05) is 13.8 Å². The molecule has 0 saturated heterocycles. The Hall–Kier alpha value is 0. The molecule has 0 bridgehead atoms. The zero-order valence-electron chi connectivity index (χ0n) is 11.1. The summed E-state index contributed by atoms with van der Waals surface area (Å²) in [6.07, 6.45) is 4.15. The summed E-state index contributed by atoms with van der Waals surface area (Å²) in [5.41, 5.74) is 2.45. The van der Waals surface area contributed by atoms with Gasteiger partial charge in [0.05, 0.1) is 15.9 Å². The van der Waals surface area contributed by atoms with Crippen LogP contribution in [0.15, 0.2) is 4.47 Å². The van der Waals surface area contributed by atoms with Crippen molar-refractivity contribution in [3.63, 3.8) is 0 Å². The second kappa shape index (κ2) is 7.44. The highest BCUT2D eigenvalue weighted by Crippen LogP contribution is 2.23. The number of halogens is 1. The van der Waals surface area contributed by atoms with Gasteiger partial charge in [0.25, 0.3) is 0 Å². The zero-order valence-corrected chi connectivity index (χ0v) is 13.5. The van der Waals surface area contributed by atoms with Gasteiger partial charge in [0.1, 0.15) is 0 Å². The van der Waals surface area contributed by atoms with Crippen LogP contribution in [0, 0.1) is 0 Å². The number of aryl methyl sites for hydroxylation is 2. The summed E-state index contributed by atoms with van der Waals surface area (Å²) >= 11 is 5.56. The summed E-state index contributed by atoms with van der Waals surface area (Å²) in [6, 6.07) is 0.520. The van der Waals surface area contributed by atoms with Gasteiger partial charge >= 0.3 is 0 Å². The number of aromatic nitrogens is 2. The second-order valence-electron chi connectivity index (χ2n) is 4.10. The molecule has 1 unspecified atom stereocenters. The van der Waals surface area contributed by atoms with Crippen molar-refractivity contribution in [1.29, 1.82) is 0 Å². The Kier molecular flexibility index (Phi) is 6.59. The molecule has 98 valence electrons. The van der Waals surface area contributed by atoms with E-state index in [4.69, 9.17) is 0 Å². The van der Waals surface area contributed by atoms with Gasteiger partial charge in [-0.3, -0.25) is 4.68 Å². The first-order valence-electron chi connectivity index (χ1n) is 6.06. The maximum Gasteiger partial charge on any atom is 0.0766 e. The number of thioether (sulfide) groups is 1. The molecule has 0 amide bonds. The third kappa shape index (κ3) is 4.00. The highest BCUT2D eigenvalue weighted by Gasteiger charge is 2.16. The van der Waals surface area contributed by atoms with Crippen LogP contribution in [0.25, 0.3) is 0 Å². The molecule has 0 spiro atoms. The maximum atomic E-state index is 4.54. The quantitative estimate of drug-likeness (QED) is 0.838. The fraction of sp³-hybridized carbons (Fsp3) is 0.750. The fourth-order valence-electron chi connectivity index (χ4n) is 1.95. The molecule has 0 fully saturated rings. The number of hydrogen-bond acceptors (Lipinski definition) is 3. The second-order valence-corrected chi connectivity index (χ2v) is 5.80. The van der Waals surface area contributed by atoms with Gasteiger partial charge in [-0.25, -0.2) is 0 Å². The lowest BCUT2D eigenvalue weighted by molar-refractivity contribution is 0.548. The van der Waals surface area contributed by atoms with Crippen molar-refractivity contribution < 1.29 is 0 Å². The van der Waals surface area contributed by atoms with E-state index in [1.54, 1.807) is 0 Å². The van der Waals surface area contributed by atoms with Gasteiger partial charge in [0.2, 0.25) is 0 Å². The van der Waals surface area contributed by atoms with Crippen LogP contribution in [-0.4, -0.2) is 34.4 Å². The molecular weight excluding hydrogens is 298 g/mol. The molecule has 0 aromatic carbocycles. The van der Waals surface area contributed by atoms with Crippen molar-refractivity contribution in [2.75, 3.05) is 18.6 Å². The summed E-state index contributed by atoms with van der Waals surface area (Å²) in [7, 11) is 2.03. The summed E-state index contributed by atoms with van der Waals surface area (Å²) in [6.45, 7) is 5.31. The first-order valence-corrected chi connectivity index (χ1v) is 8.25. The molecule has 17 heavy (non-hydrogen) atoms. The normalized spacial score (nSPS) is 13.0. The first-order chi connectivity index (χ1) is 8.13. The van der Waals surface area contributed by atoms with Gasteiger partial charge in [0, 0.05) is 25.3 Å². The van der Waals surface area contributed by atoms with E-state index < -0.39 is 0 Å². The van der Waals surface area contributed by atoms with Gasteiger partial charge in [-0.15, -0.1) is 0 Å². The summed E-state index contributed by atoms with van der Waals surface area (Å²) in [5, 5.41) is 8.07. The number of nitrogens with one attached hydrogen (secondary N) is 1. The van der Waals surface area contributed by atoms with E-state index in [2.05, 4.69) is 46.4 Å². The Balaban J connectivity index is 2.80. The van der Waals surface area contributed by atoms with E-state index in [1.165, 1.54) is 10.2 Å². The molecule has 1 aromatic heterocycles. The Morgan fingerprint density at radius 2 is 2.18 bits per heavy atom. The Morgan fingerprint density at radius 1 is 1.47 bits per heavy atom. The molecule has 0 aliphatic carbocycles. The lowest BCUT2D eigenvalue weighted by Crippen LogP contribution is -2.33. The van der Waals surface area contributed by atoms with E-state index >= 15 is 0 Å². The molecule has 0 aliphatic rings. The Morgan fingerprint density at radius 3 is 2.65 bits per heavy atom. The topological polar surface area (TPSA) is 29.9 Å². The first kappa shape index (κ1) is 15.1. The number of hydrogen-bond donors (Lipinski definition) is 1. The molecule has 0 saturated carbocycles. The monoisotopic (exact) mass is 319 g/mol. The van der Waals surface area contributed by atoms with Crippen LogP contribution in [-0.2, 0) is 19.9 Å². The van der Waals surface area contributed by atoms with Crippen LogP contribution in [0.4, 0.5) is 0 Å². The Bertz CT molecular complexity index is 346. The molecular formula is C12H22BrN3S. The van der Waals surface area contributed by atoms with E-state index in [1.807, 2.05) is 23.5 Å². The third-order valence-electron chi connectivity index (χ3n) is 2.80. The molecule has 0 aliphatic heterocycles. The highest BCUT2D eigenvalue weighted by molar-refractivity contribution is 9.10. The van der Waals surface area contributed by atoms with Gasteiger partial charge in [-0.2, -0.15) is 16.9 Å². The molecule has 3 nitrogen and oxygen atoms in total. The van der Waals surface area contributed by atoms with Crippen LogP contribution in [0.1, 0.15) is 25.2 Å². The van der Waals surface area contributed by atoms with Gasteiger partial charge in [0.15, 0.2) is 0 Å². The standard InChI is InChI=1S/C12H22BrN3S/c1-5-10-12(13)11(16(3)15-10)7-9(8-17-4)14-6-2/h9,14H,5-8H2,1-4H3. The smallest absolute Gasteiger partial charge is 0.0766 e. The minimum atomic E-state index is 0.520. The molecule has 1 rings (SSSR count). The summed E-state index contributed by atoms with van der Waals surface area (Å²) in [4.78, 5) is 0. The average Bonchev–Trinajstić information content (AvgIpc) is 2.57. The average molecular weight is 320 g/mol. The summed E-state index contributed by atoms with van der Waals surface area (Å²) < 4.78 is 3.19. The van der Waals surface area contributed by atoms with Crippen LogP contribution in [0.2, 0.25) is 0 Å². The maximum absolute atomic E-state index is 4.54. The minimum Gasteiger partial charge on any atom is -0.313 e. The third-order valence-corrected chi connectivity index (χ3v) is 4.45. The van der Waals surface area contributed by atoms with Crippen molar-refractivity contribution in [2.45, 2.75) is 32.7 Å². The molecule has 1 aromatic rings. The predicted molar refractivity (Wildman–Crippen MR) is 79.8 cm³/mol. The lowest BCUT2D eigenvalue weighted by Gasteiger charge is -2.17. The van der Waals surface area contributed by atoms with Crippen molar-refractivity contribution in [1.82, 2.24) is 15.1 Å². The van der Waals surface area contributed by atoms with Crippen LogP contribution < -0.4 is 5.32 Å². The molecule has 5 heteroatoms. The molecule has 0 radical (unpaired) electrons. The summed E-state index contributed by atoms with van der Waals surface area (Å²) in [5.74, 6) is 1.13. The zero-order chi connectivity index (χ0) is 12.8. The van der Waals surface area contributed by atoms with Crippen LogP contribution >= 0.6 is 27.7 Å². The van der Waals surface area contributed by atoms with Crippen molar-refractivity contribution >= 4 is 27.7 Å². The highest BCUT2D eigenvalue weighted by atomic mass is 79.9. The lowest BCUT2D eigenvalue weighted by atomic mass is 10.1. The molecule has 1 N–H and O–H groups in total. The van der Waals surface area contributed by atoms with E-state index in [0.717, 1.165) is 30.8 Å². The van der Waals surface area contributed by atoms with Crippen molar-refractivity contribution in [2.24, 2.45) is 7.05 Å². The van der Waals surface area contributed by atoms with Gasteiger partial charge in [-0.05, 0) is 35.2 Å². The van der Waals surface area contributed by atoms with E-state index in [-0.39, 0.29) is 0 Å². The Labute approximate surface area is 117 Å². The number of likely N-dealkylation sites (N-methyl/N-ethyl adjacent to an activating group) is 1. The van der Waals surface area contributed by atoms with Crippen molar-refractivity contribution in [3.8, 4) is 0 Å². The van der Waals surface area contributed by atoms with E-state index in [0.29, 0.717) is 6.04 Å².